The predicted molar refractivity (Wildman–Crippen MR) is 160 cm³/mol. The predicted octanol–water partition coefficient (Wildman–Crippen LogP) is 6.84. The number of halogens is 1. The van der Waals surface area contributed by atoms with E-state index in [9.17, 15) is 14.9 Å². The molecule has 0 radical (unpaired) electrons. The zero-order valence-electron chi connectivity index (χ0n) is 22.1. The average Bonchev–Trinajstić information content (AvgIpc) is 3.44. The van der Waals surface area contributed by atoms with E-state index in [2.05, 4.69) is 5.10 Å². The van der Waals surface area contributed by atoms with Gasteiger partial charge >= 0.3 is 0 Å². The third kappa shape index (κ3) is 5.18. The molecule has 11 heteroatoms. The molecule has 0 spiro atoms. The summed E-state index contributed by atoms with van der Waals surface area (Å²) in [7, 11) is 1.47. The van der Waals surface area contributed by atoms with Crippen molar-refractivity contribution in [3.8, 4) is 23.1 Å². The molecule has 42 heavy (non-hydrogen) atoms. The Kier molecular flexibility index (Phi) is 7.12. The third-order valence-corrected chi connectivity index (χ3v) is 6.73. The number of hydrogen-bond acceptors (Lipinski definition) is 8. The van der Waals surface area contributed by atoms with Gasteiger partial charge in [0.2, 0.25) is 5.82 Å². The highest BCUT2D eigenvalue weighted by Gasteiger charge is 2.18. The van der Waals surface area contributed by atoms with Crippen molar-refractivity contribution in [3.05, 3.63) is 128 Å². The van der Waals surface area contributed by atoms with Gasteiger partial charge in [0.15, 0.2) is 17.3 Å². The number of nitro groups is 1. The van der Waals surface area contributed by atoms with E-state index in [-0.39, 0.29) is 18.1 Å². The van der Waals surface area contributed by atoms with Crippen molar-refractivity contribution in [1.29, 1.82) is 0 Å². The Bertz CT molecular complexity index is 2020. The maximum atomic E-state index is 13.7. The lowest BCUT2D eigenvalue weighted by Gasteiger charge is -2.14. The number of non-ortho nitro benzene ring substituents is 1. The fourth-order valence-corrected chi connectivity index (χ4v) is 4.68. The Morgan fingerprint density at radius 3 is 2.57 bits per heavy atom. The minimum atomic E-state index is -0.468. The Morgan fingerprint density at radius 1 is 1.05 bits per heavy atom. The van der Waals surface area contributed by atoms with Crippen molar-refractivity contribution in [1.82, 2.24) is 9.66 Å². The lowest BCUT2D eigenvalue weighted by atomic mass is 10.2. The zero-order valence-corrected chi connectivity index (χ0v) is 22.8. The van der Waals surface area contributed by atoms with Crippen LogP contribution in [0, 0.1) is 10.1 Å². The summed E-state index contributed by atoms with van der Waals surface area (Å²) >= 11 is 6.37. The van der Waals surface area contributed by atoms with Gasteiger partial charge in [0.05, 0.1) is 29.2 Å². The summed E-state index contributed by atoms with van der Waals surface area (Å²) < 4.78 is 18.8. The third-order valence-electron chi connectivity index (χ3n) is 6.51. The maximum Gasteiger partial charge on any atom is 0.282 e. The maximum absolute atomic E-state index is 13.7. The van der Waals surface area contributed by atoms with Crippen LogP contribution in [0.5, 0.6) is 11.5 Å². The molecule has 0 aliphatic rings. The summed E-state index contributed by atoms with van der Waals surface area (Å²) in [6.07, 6.45) is 1.43. The number of fused-ring (bicyclic) bond motifs is 2. The number of nitro benzene ring substituents is 1. The average molecular weight is 581 g/mol. The number of para-hydroxylation sites is 2. The largest absolute Gasteiger partial charge is 0.493 e. The molecule has 0 aliphatic heterocycles. The van der Waals surface area contributed by atoms with Gasteiger partial charge in [0.1, 0.15) is 12.2 Å². The SMILES string of the molecule is COc1cc(Cl)cc(C=Nn2c(-c3cc4ccccc4o3)nc3ccccc3c2=O)c1OCc1ccc([N+](=O)[O-])cc1. The second-order valence-corrected chi connectivity index (χ2v) is 9.64. The number of rotatable bonds is 8. The summed E-state index contributed by atoms with van der Waals surface area (Å²) in [4.78, 5) is 28.9. The van der Waals surface area contributed by atoms with E-state index in [4.69, 9.17) is 30.5 Å². The van der Waals surface area contributed by atoms with E-state index in [1.807, 2.05) is 24.3 Å². The smallest absolute Gasteiger partial charge is 0.282 e. The molecule has 0 aliphatic carbocycles. The Labute approximate surface area is 243 Å². The summed E-state index contributed by atoms with van der Waals surface area (Å²) in [5.74, 6) is 1.24. The van der Waals surface area contributed by atoms with Crippen LogP contribution in [0.4, 0.5) is 5.69 Å². The number of aromatic nitrogens is 2. The summed E-state index contributed by atoms with van der Waals surface area (Å²) in [6.45, 7) is 0.0819. The van der Waals surface area contributed by atoms with Crippen LogP contribution in [-0.4, -0.2) is 27.9 Å². The number of benzene rings is 4. The fourth-order valence-electron chi connectivity index (χ4n) is 4.46. The minimum absolute atomic E-state index is 0.0228. The van der Waals surface area contributed by atoms with Gasteiger partial charge in [-0.3, -0.25) is 14.9 Å². The van der Waals surface area contributed by atoms with Crippen LogP contribution in [0.15, 0.2) is 105 Å². The van der Waals surface area contributed by atoms with E-state index in [0.29, 0.717) is 49.9 Å². The quantitative estimate of drug-likeness (QED) is 0.110. The zero-order chi connectivity index (χ0) is 29.2. The van der Waals surface area contributed by atoms with Crippen LogP contribution >= 0.6 is 11.6 Å². The van der Waals surface area contributed by atoms with Crippen LogP contribution in [0.25, 0.3) is 33.5 Å². The number of hydrogen-bond donors (Lipinski definition) is 0. The van der Waals surface area contributed by atoms with Gasteiger partial charge in [-0.05, 0) is 48.0 Å². The highest BCUT2D eigenvalue weighted by molar-refractivity contribution is 6.31. The van der Waals surface area contributed by atoms with Crippen molar-refractivity contribution in [2.75, 3.05) is 7.11 Å². The molecule has 0 saturated heterocycles. The van der Waals surface area contributed by atoms with Crippen LogP contribution in [0.2, 0.25) is 5.02 Å². The minimum Gasteiger partial charge on any atom is -0.493 e. The molecule has 2 heterocycles. The lowest BCUT2D eigenvalue weighted by Crippen LogP contribution is -2.20. The molecule has 0 unspecified atom stereocenters. The molecule has 2 aromatic heterocycles. The molecular weight excluding hydrogens is 560 g/mol. The molecule has 0 atom stereocenters. The standard InChI is InChI=1S/C31H21ClN4O6/c1-40-27-16-22(32)14-21(29(27)41-18-19-10-12-23(13-11-19)36(38)39)17-33-35-30(28-15-20-6-2-5-9-26(20)42-28)34-25-8-4-3-7-24(25)31(35)37/h2-17H,18H2,1H3. The summed E-state index contributed by atoms with van der Waals surface area (Å²) in [6, 6.07) is 25.5. The highest BCUT2D eigenvalue weighted by Crippen LogP contribution is 2.35. The number of nitrogens with zero attached hydrogens (tertiary/aromatic N) is 4. The van der Waals surface area contributed by atoms with Gasteiger partial charge in [-0.15, -0.1) is 0 Å². The van der Waals surface area contributed by atoms with Gasteiger partial charge in [0, 0.05) is 34.2 Å². The topological polar surface area (TPSA) is 122 Å². The molecule has 208 valence electrons. The molecule has 4 aromatic carbocycles. The van der Waals surface area contributed by atoms with Crippen molar-refractivity contribution in [2.45, 2.75) is 6.61 Å². The number of ether oxygens (including phenoxy) is 2. The van der Waals surface area contributed by atoms with E-state index in [0.717, 1.165) is 5.39 Å². The lowest BCUT2D eigenvalue weighted by molar-refractivity contribution is -0.384. The van der Waals surface area contributed by atoms with Crippen LogP contribution in [-0.2, 0) is 6.61 Å². The first kappa shape index (κ1) is 26.7. The van der Waals surface area contributed by atoms with Crippen molar-refractivity contribution in [2.24, 2.45) is 5.10 Å². The first-order chi connectivity index (χ1) is 20.4. The van der Waals surface area contributed by atoms with Crippen molar-refractivity contribution < 1.29 is 18.8 Å². The second kappa shape index (κ2) is 11.2. The van der Waals surface area contributed by atoms with E-state index >= 15 is 0 Å². The molecule has 0 bridgehead atoms. The van der Waals surface area contributed by atoms with E-state index in [1.165, 1.54) is 30.1 Å². The molecule has 10 nitrogen and oxygen atoms in total. The number of methoxy groups -OCH3 is 1. The normalized spacial score (nSPS) is 11.4. The van der Waals surface area contributed by atoms with Crippen LogP contribution < -0.4 is 15.0 Å². The Morgan fingerprint density at radius 2 is 1.81 bits per heavy atom. The van der Waals surface area contributed by atoms with Crippen LogP contribution in [0.3, 0.4) is 0 Å². The molecule has 0 amide bonds. The summed E-state index contributed by atoms with van der Waals surface area (Å²) in [5.41, 5.74) is 1.85. The first-order valence-electron chi connectivity index (χ1n) is 12.7. The van der Waals surface area contributed by atoms with Crippen LogP contribution in [0.1, 0.15) is 11.1 Å². The van der Waals surface area contributed by atoms with Gasteiger partial charge in [-0.1, -0.05) is 41.9 Å². The van der Waals surface area contributed by atoms with E-state index < -0.39 is 10.5 Å². The molecule has 6 aromatic rings. The van der Waals surface area contributed by atoms with Crippen molar-refractivity contribution in [3.63, 3.8) is 0 Å². The number of furan rings is 1. The highest BCUT2D eigenvalue weighted by atomic mass is 35.5. The molecule has 0 saturated carbocycles. The first-order valence-corrected chi connectivity index (χ1v) is 13.1. The molecule has 0 fully saturated rings. The van der Waals surface area contributed by atoms with Gasteiger partial charge in [0.25, 0.3) is 11.2 Å². The fraction of sp³-hybridized carbons (Fsp3) is 0.0645. The van der Waals surface area contributed by atoms with E-state index in [1.54, 1.807) is 54.6 Å². The van der Waals surface area contributed by atoms with Gasteiger partial charge in [-0.25, -0.2) is 4.98 Å². The van der Waals surface area contributed by atoms with Gasteiger partial charge < -0.3 is 13.9 Å². The molecule has 0 N–H and O–H groups in total. The summed E-state index contributed by atoms with van der Waals surface area (Å²) in [5, 5.41) is 17.1. The second-order valence-electron chi connectivity index (χ2n) is 9.20. The Balaban J connectivity index is 1.44. The molecule has 6 rings (SSSR count). The monoisotopic (exact) mass is 580 g/mol. The van der Waals surface area contributed by atoms with Gasteiger partial charge in [-0.2, -0.15) is 9.78 Å². The molecular formula is C31H21ClN4O6. The Hall–Kier alpha value is -5.48. The van der Waals surface area contributed by atoms with Crippen molar-refractivity contribution >= 4 is 45.4 Å².